The van der Waals surface area contributed by atoms with Crippen LogP contribution < -0.4 is 39.2 Å². The third kappa shape index (κ3) is 11.2. The molecule has 9 aromatic carbocycles. The van der Waals surface area contributed by atoms with Gasteiger partial charge in [-0.15, -0.1) is 0 Å². The molecule has 538 valence electrons. The van der Waals surface area contributed by atoms with E-state index >= 15 is 0 Å². The molecule has 0 amide bonds. The van der Waals surface area contributed by atoms with Gasteiger partial charge in [0.1, 0.15) is 24.7 Å². The smallest absolute Gasteiger partial charge is 0.179 e. The Bertz CT molecular complexity index is 5630. The highest BCUT2D eigenvalue weighted by molar-refractivity contribution is 5.93. The van der Waals surface area contributed by atoms with Gasteiger partial charge in [0.2, 0.25) is 0 Å². The zero-order valence-electron chi connectivity index (χ0n) is 61.9. The number of rotatable bonds is 8. The van der Waals surface area contributed by atoms with Gasteiger partial charge in [0.15, 0.2) is 46.5 Å². The minimum atomic E-state index is 0.115. The van der Waals surface area contributed by atoms with Gasteiger partial charge < -0.3 is 39.2 Å². The van der Waals surface area contributed by atoms with Gasteiger partial charge in [0.25, 0.3) is 0 Å². The van der Waals surface area contributed by atoms with Crippen molar-refractivity contribution in [1.29, 1.82) is 0 Å². The van der Waals surface area contributed by atoms with Gasteiger partial charge in [-0.1, -0.05) is 216 Å². The lowest BCUT2D eigenvalue weighted by Gasteiger charge is -2.26. The molecule has 110 heavy (non-hydrogen) atoms. The van der Waals surface area contributed by atoms with Crippen LogP contribution in [0.2, 0.25) is 0 Å². The van der Waals surface area contributed by atoms with E-state index in [1.54, 1.807) is 12.4 Å². The second-order valence-corrected chi connectivity index (χ2v) is 29.9. The number of pyridine rings is 1. The van der Waals surface area contributed by atoms with Crippen LogP contribution >= 0.6 is 0 Å². The van der Waals surface area contributed by atoms with Gasteiger partial charge in [-0.3, -0.25) is 4.98 Å². The van der Waals surface area contributed by atoms with Crippen molar-refractivity contribution < 1.29 is 0 Å². The van der Waals surface area contributed by atoms with Crippen molar-refractivity contribution in [3.63, 3.8) is 0 Å². The van der Waals surface area contributed by atoms with Crippen molar-refractivity contribution in [2.45, 2.75) is 116 Å². The summed E-state index contributed by atoms with van der Waals surface area (Å²) in [6.07, 6.45) is 16.3. The van der Waals surface area contributed by atoms with E-state index in [0.717, 1.165) is 130 Å². The number of para-hydroxylation sites is 7. The SMILES string of the molecule is CC(C)c1nc2c(nc1C(C)C)N1c3ccccc3CC1N2c1ccccc1.c1ccc(-c2nc3c(nc2-c2ccccc2)N2c4ccccc4CC2N3c2ccccc2)cc1.c1ccc(N2c3nc4c(nc3N3c5ccccc5CC23)CCCC4)cc1.c1ccc2c(c1)CC1N(c3ccncc3)c3nccnc3N21. The molecule has 5 aromatic heterocycles. The monoisotopic (exact) mass is 1440 g/mol. The number of nitrogens with zero attached hydrogens (tertiary/aromatic N) is 17. The minimum absolute atomic E-state index is 0.115. The first-order chi connectivity index (χ1) is 54.3. The first-order valence-corrected chi connectivity index (χ1v) is 38.6. The molecule has 13 heterocycles. The van der Waals surface area contributed by atoms with Crippen molar-refractivity contribution in [1.82, 2.24) is 44.9 Å². The van der Waals surface area contributed by atoms with Crippen LogP contribution in [-0.4, -0.2) is 69.5 Å². The van der Waals surface area contributed by atoms with Gasteiger partial charge in [0, 0.05) is 107 Å². The average molecular weight is 1440 g/mol. The number of anilines is 16. The molecule has 0 spiro atoms. The standard InChI is InChI=1S/C30H22N4.C24H26N4.C22H20N4.C17H13N5/c1-4-12-21(13-5-1)27-28(22-14-6-2-7-15-22)32-30-29(31-27)33(24-17-8-3-9-18-24)26-20-23-16-10-11-19-25(23)34(26)30;1-15(2)21-22(16(3)4)26-24-23(25-21)27(18-11-6-5-7-12-18)20-14-17-10-8-9-13-19(17)28(20)24;1-2-9-16(10-3-1)25-20-14-15-8-4-7-13-19(15)26(20)22-21(25)23-17-11-5-6-12-18(17)24-22;1-2-4-14-12(3-1)11-15-21(13-5-7-18-8-6-13)16-17(22(14)15)20-10-9-19-16/h1-19,26H,20H2;5-13,15-16,20H,14H2,1-4H3;1-4,7-10,13,20H,5-6,11-12,14H2;1-10,15H,11H2. The fourth-order valence-corrected chi connectivity index (χ4v) is 17.7. The quantitative estimate of drug-likeness (QED) is 0.142. The zero-order chi connectivity index (χ0) is 73.5. The summed E-state index contributed by atoms with van der Waals surface area (Å²) in [4.78, 5) is 63.4. The van der Waals surface area contributed by atoms with Crippen LogP contribution in [0.1, 0.15) is 97.4 Å². The fourth-order valence-electron chi connectivity index (χ4n) is 17.7. The van der Waals surface area contributed by atoms with E-state index in [-0.39, 0.29) is 24.7 Å². The number of hydrogen-bond acceptors (Lipinski definition) is 17. The predicted octanol–water partition coefficient (Wildman–Crippen LogP) is 20.4. The molecule has 23 rings (SSSR count). The van der Waals surface area contributed by atoms with E-state index < -0.39 is 0 Å². The van der Waals surface area contributed by atoms with Gasteiger partial charge >= 0.3 is 0 Å². The molecule has 9 aliphatic rings. The minimum Gasteiger partial charge on any atom is -0.301 e. The van der Waals surface area contributed by atoms with Crippen molar-refractivity contribution in [3.8, 4) is 22.5 Å². The van der Waals surface area contributed by atoms with Crippen LogP contribution in [0, 0.1) is 0 Å². The van der Waals surface area contributed by atoms with Crippen molar-refractivity contribution in [2.75, 3.05) is 39.2 Å². The molecule has 0 fully saturated rings. The summed E-state index contributed by atoms with van der Waals surface area (Å²) in [5, 5.41) is 0. The Kier molecular flexibility index (Phi) is 16.6. The Labute approximate surface area is 641 Å². The van der Waals surface area contributed by atoms with Crippen molar-refractivity contribution in [2.24, 2.45) is 0 Å². The molecule has 17 nitrogen and oxygen atoms in total. The average Bonchev–Trinajstić information content (AvgIpc) is 1.58. The maximum Gasteiger partial charge on any atom is 0.179 e. The lowest BCUT2D eigenvalue weighted by atomic mass is 10.0. The van der Waals surface area contributed by atoms with Crippen LogP contribution in [-0.2, 0) is 38.5 Å². The van der Waals surface area contributed by atoms with E-state index in [1.807, 2.05) is 36.7 Å². The third-order valence-electron chi connectivity index (χ3n) is 22.6. The summed E-state index contributed by atoms with van der Waals surface area (Å²) in [7, 11) is 0. The molecule has 4 unspecified atom stereocenters. The first-order valence-electron chi connectivity index (χ1n) is 38.6. The molecule has 1 aliphatic carbocycles. The number of hydrogen-bond donors (Lipinski definition) is 0. The van der Waals surface area contributed by atoms with E-state index in [2.05, 4.69) is 318 Å². The zero-order valence-corrected chi connectivity index (χ0v) is 61.9. The Balaban J connectivity index is 0.0000000971. The first kappa shape index (κ1) is 66.3. The number of aromatic nitrogens is 9. The topological polar surface area (TPSA) is 142 Å². The van der Waals surface area contributed by atoms with Crippen LogP contribution in [0.5, 0.6) is 0 Å². The van der Waals surface area contributed by atoms with Crippen molar-refractivity contribution in [3.05, 3.63) is 331 Å². The predicted molar refractivity (Wildman–Crippen MR) is 440 cm³/mol. The van der Waals surface area contributed by atoms with Crippen LogP contribution in [0.3, 0.4) is 0 Å². The third-order valence-corrected chi connectivity index (χ3v) is 22.6. The lowest BCUT2D eigenvalue weighted by molar-refractivity contribution is 0.651. The largest absolute Gasteiger partial charge is 0.301 e. The van der Waals surface area contributed by atoms with Gasteiger partial charge in [-0.25, -0.2) is 39.9 Å². The fraction of sp³-hybridized carbons (Fsp3) is 0.194. The van der Waals surface area contributed by atoms with Gasteiger partial charge in [0.05, 0.1) is 34.2 Å². The summed E-state index contributed by atoms with van der Waals surface area (Å²) in [5.74, 6) is 8.38. The summed E-state index contributed by atoms with van der Waals surface area (Å²) >= 11 is 0. The molecule has 4 atom stereocenters. The lowest BCUT2D eigenvalue weighted by Crippen LogP contribution is -2.36. The molecule has 0 saturated carbocycles. The molecule has 0 bridgehead atoms. The summed E-state index contributed by atoms with van der Waals surface area (Å²) in [6.45, 7) is 8.84. The number of benzene rings is 9. The number of fused-ring (bicyclic) bond motifs is 21. The molecule has 0 radical (unpaired) electrons. The molecule has 8 aliphatic heterocycles. The van der Waals surface area contributed by atoms with Crippen LogP contribution in [0.25, 0.3) is 22.5 Å². The molecule has 14 aromatic rings. The second-order valence-electron chi connectivity index (χ2n) is 29.9. The van der Waals surface area contributed by atoms with Gasteiger partial charge in [-0.2, -0.15) is 0 Å². The maximum absolute atomic E-state index is 5.34. The maximum atomic E-state index is 5.34. The van der Waals surface area contributed by atoms with E-state index in [9.17, 15) is 0 Å². The van der Waals surface area contributed by atoms with Crippen molar-refractivity contribution >= 4 is 92.0 Å². The van der Waals surface area contributed by atoms with E-state index in [1.165, 1.54) is 80.6 Å². The highest BCUT2D eigenvalue weighted by Crippen LogP contribution is 2.57. The number of aryl methyl sites for hydroxylation is 2. The summed E-state index contributed by atoms with van der Waals surface area (Å²) in [5.41, 5.74) is 23.6. The summed E-state index contributed by atoms with van der Waals surface area (Å²) in [6, 6.07) is 91.1. The second kappa shape index (κ2) is 27.6. The Morgan fingerprint density at radius 2 is 0.536 bits per heavy atom. The molecule has 0 saturated heterocycles. The molecule has 17 heteroatoms. The highest BCUT2D eigenvalue weighted by atomic mass is 15.5. The van der Waals surface area contributed by atoms with Crippen LogP contribution in [0.4, 0.5) is 92.0 Å². The van der Waals surface area contributed by atoms with E-state index in [0.29, 0.717) is 11.8 Å². The summed E-state index contributed by atoms with van der Waals surface area (Å²) < 4.78 is 0. The Morgan fingerprint density at radius 1 is 0.264 bits per heavy atom. The molecular formula is C93H81N17. The highest BCUT2D eigenvalue weighted by Gasteiger charge is 2.50. The normalized spacial score (nSPS) is 17.5. The van der Waals surface area contributed by atoms with E-state index in [4.69, 9.17) is 29.9 Å². The van der Waals surface area contributed by atoms with Gasteiger partial charge in [-0.05, 0) is 133 Å². The Morgan fingerprint density at radius 3 is 0.909 bits per heavy atom. The molecular weight excluding hydrogens is 1360 g/mol. The van der Waals surface area contributed by atoms with Crippen LogP contribution in [0.15, 0.2) is 286 Å². The molecule has 0 N–H and O–H groups in total. The Hall–Kier alpha value is -13.2.